The molecule has 0 bridgehead atoms. The highest BCUT2D eigenvalue weighted by Gasteiger charge is 2.04. The van der Waals surface area contributed by atoms with Crippen molar-refractivity contribution >= 4 is 28.2 Å². The van der Waals surface area contributed by atoms with Crippen LogP contribution < -0.4 is 5.32 Å². The fourth-order valence-electron chi connectivity index (χ4n) is 0.560. The largest absolute Gasteiger partial charge is 0.363 e. The first-order valence-electron chi connectivity index (χ1n) is 3.40. The summed E-state index contributed by atoms with van der Waals surface area (Å²) in [6, 6.07) is 0. The quantitative estimate of drug-likeness (QED) is 0.739. The molecule has 11 heavy (non-hydrogen) atoms. The predicted molar refractivity (Wildman–Crippen MR) is 50.4 cm³/mol. The predicted octanol–water partition coefficient (Wildman–Crippen LogP) is 2.08. The van der Waals surface area contributed by atoms with Crippen molar-refractivity contribution in [3.63, 3.8) is 0 Å². The van der Waals surface area contributed by atoms with Gasteiger partial charge in [-0.2, -0.15) is 0 Å². The number of aromatic nitrogens is 2. The second kappa shape index (κ2) is 3.92. The summed E-state index contributed by atoms with van der Waals surface area (Å²) in [6.07, 6.45) is 0. The maximum absolute atomic E-state index is 4.00. The van der Waals surface area contributed by atoms with Gasteiger partial charge in [0.15, 0.2) is 4.34 Å². The van der Waals surface area contributed by atoms with Crippen molar-refractivity contribution in [2.24, 2.45) is 0 Å². The van der Waals surface area contributed by atoms with Gasteiger partial charge in [0.1, 0.15) is 0 Å². The molecule has 5 heteroatoms. The third kappa shape index (κ3) is 2.67. The van der Waals surface area contributed by atoms with E-state index in [0.29, 0.717) is 5.25 Å². The fraction of sp³-hybridized carbons (Fsp3) is 0.667. The van der Waals surface area contributed by atoms with Gasteiger partial charge >= 0.3 is 0 Å². The summed E-state index contributed by atoms with van der Waals surface area (Å²) in [5.41, 5.74) is 0. The van der Waals surface area contributed by atoms with Crippen LogP contribution in [-0.4, -0.2) is 22.5 Å². The maximum Gasteiger partial charge on any atom is 0.206 e. The van der Waals surface area contributed by atoms with Crippen molar-refractivity contribution in [2.75, 3.05) is 12.4 Å². The second-order valence-electron chi connectivity index (χ2n) is 2.29. The molecular weight excluding hydrogens is 178 g/mol. The molecule has 0 saturated heterocycles. The zero-order valence-electron chi connectivity index (χ0n) is 6.79. The third-order valence-corrected chi connectivity index (χ3v) is 2.99. The lowest BCUT2D eigenvalue weighted by Gasteiger charge is -1.96. The van der Waals surface area contributed by atoms with Crippen molar-refractivity contribution < 1.29 is 0 Å². The topological polar surface area (TPSA) is 37.8 Å². The van der Waals surface area contributed by atoms with E-state index in [2.05, 4.69) is 29.4 Å². The van der Waals surface area contributed by atoms with Crippen LogP contribution in [0.1, 0.15) is 13.8 Å². The molecule has 62 valence electrons. The van der Waals surface area contributed by atoms with Crippen LogP contribution in [0.2, 0.25) is 0 Å². The van der Waals surface area contributed by atoms with E-state index in [9.17, 15) is 0 Å². The van der Waals surface area contributed by atoms with Crippen molar-refractivity contribution in [1.82, 2.24) is 10.2 Å². The van der Waals surface area contributed by atoms with Crippen LogP contribution in [0.4, 0.5) is 5.13 Å². The first kappa shape index (κ1) is 8.80. The lowest BCUT2D eigenvalue weighted by atomic mass is 10.6. The fourth-order valence-corrected chi connectivity index (χ4v) is 2.49. The van der Waals surface area contributed by atoms with Gasteiger partial charge in [0.2, 0.25) is 5.13 Å². The van der Waals surface area contributed by atoms with E-state index in [4.69, 9.17) is 0 Å². The van der Waals surface area contributed by atoms with E-state index >= 15 is 0 Å². The molecule has 0 atom stereocenters. The minimum atomic E-state index is 0.577. The summed E-state index contributed by atoms with van der Waals surface area (Å²) in [6.45, 7) is 4.29. The first-order chi connectivity index (χ1) is 5.22. The molecule has 3 nitrogen and oxygen atoms in total. The van der Waals surface area contributed by atoms with E-state index in [1.807, 2.05) is 7.05 Å². The van der Waals surface area contributed by atoms with E-state index in [1.54, 1.807) is 23.1 Å². The normalized spacial score (nSPS) is 10.5. The molecule has 1 aromatic heterocycles. The van der Waals surface area contributed by atoms with Gasteiger partial charge in [-0.25, -0.2) is 0 Å². The van der Waals surface area contributed by atoms with E-state index in [0.717, 1.165) is 9.47 Å². The SMILES string of the molecule is CNc1nnc(SC(C)C)s1. The van der Waals surface area contributed by atoms with Crippen molar-refractivity contribution in [2.45, 2.75) is 23.4 Å². The number of nitrogens with one attached hydrogen (secondary N) is 1. The van der Waals surface area contributed by atoms with E-state index < -0.39 is 0 Å². The van der Waals surface area contributed by atoms with Crippen molar-refractivity contribution in [3.05, 3.63) is 0 Å². The Bertz CT molecular complexity index is 221. The minimum absolute atomic E-state index is 0.577. The highest BCUT2D eigenvalue weighted by Crippen LogP contribution is 2.27. The third-order valence-electron chi connectivity index (χ3n) is 0.957. The smallest absolute Gasteiger partial charge is 0.206 e. The molecule has 0 amide bonds. The summed E-state index contributed by atoms with van der Waals surface area (Å²) in [7, 11) is 1.85. The molecule has 1 aromatic rings. The molecule has 0 aliphatic rings. The number of hydrogen-bond acceptors (Lipinski definition) is 5. The number of nitrogens with zero attached hydrogens (tertiary/aromatic N) is 2. The minimum Gasteiger partial charge on any atom is -0.363 e. The molecule has 0 aromatic carbocycles. The van der Waals surface area contributed by atoms with Gasteiger partial charge < -0.3 is 5.32 Å². The van der Waals surface area contributed by atoms with Gasteiger partial charge in [-0.3, -0.25) is 0 Å². The molecule has 0 aliphatic heterocycles. The number of hydrogen-bond donors (Lipinski definition) is 1. The van der Waals surface area contributed by atoms with Crippen LogP contribution in [0, 0.1) is 0 Å². The van der Waals surface area contributed by atoms with Crippen LogP contribution in [0.3, 0.4) is 0 Å². The van der Waals surface area contributed by atoms with Gasteiger partial charge in [-0.15, -0.1) is 10.2 Å². The zero-order valence-corrected chi connectivity index (χ0v) is 8.42. The number of anilines is 1. The summed E-state index contributed by atoms with van der Waals surface area (Å²) in [5, 5.41) is 12.3. The van der Waals surface area contributed by atoms with Crippen LogP contribution in [0.15, 0.2) is 4.34 Å². The molecule has 0 spiro atoms. The van der Waals surface area contributed by atoms with E-state index in [1.165, 1.54) is 0 Å². The molecular formula is C6H11N3S2. The van der Waals surface area contributed by atoms with Crippen molar-refractivity contribution in [1.29, 1.82) is 0 Å². The summed E-state index contributed by atoms with van der Waals surface area (Å²) < 4.78 is 1.03. The molecule has 1 heterocycles. The Balaban J connectivity index is 2.58. The van der Waals surface area contributed by atoms with E-state index in [-0.39, 0.29) is 0 Å². The van der Waals surface area contributed by atoms with Crippen LogP contribution in [0.5, 0.6) is 0 Å². The second-order valence-corrected chi connectivity index (χ2v) is 5.09. The number of thioether (sulfide) groups is 1. The Morgan fingerprint density at radius 2 is 2.18 bits per heavy atom. The molecule has 0 fully saturated rings. The Morgan fingerprint density at radius 1 is 1.45 bits per heavy atom. The molecule has 0 saturated carbocycles. The Morgan fingerprint density at radius 3 is 2.64 bits per heavy atom. The standard InChI is InChI=1S/C6H11N3S2/c1-4(2)10-6-9-8-5(7-3)11-6/h4H,1-3H3,(H,7,8). The first-order valence-corrected chi connectivity index (χ1v) is 5.10. The van der Waals surface area contributed by atoms with Gasteiger partial charge in [0.05, 0.1) is 0 Å². The zero-order chi connectivity index (χ0) is 8.27. The maximum atomic E-state index is 4.00. The monoisotopic (exact) mass is 189 g/mol. The van der Waals surface area contributed by atoms with Gasteiger partial charge in [0.25, 0.3) is 0 Å². The molecule has 0 aliphatic carbocycles. The van der Waals surface area contributed by atoms with Gasteiger partial charge in [-0.05, 0) is 0 Å². The van der Waals surface area contributed by atoms with Crippen molar-refractivity contribution in [3.8, 4) is 0 Å². The highest BCUT2D eigenvalue weighted by molar-refractivity contribution is 8.01. The molecule has 1 N–H and O–H groups in total. The summed E-state index contributed by atoms with van der Waals surface area (Å²) in [5.74, 6) is 0. The average molecular weight is 189 g/mol. The average Bonchev–Trinajstić information content (AvgIpc) is 2.34. The van der Waals surface area contributed by atoms with Crippen LogP contribution in [0.25, 0.3) is 0 Å². The molecule has 0 radical (unpaired) electrons. The van der Waals surface area contributed by atoms with Crippen LogP contribution >= 0.6 is 23.1 Å². The highest BCUT2D eigenvalue weighted by atomic mass is 32.2. The molecule has 1 rings (SSSR count). The summed E-state index contributed by atoms with van der Waals surface area (Å²) in [4.78, 5) is 0. The summed E-state index contributed by atoms with van der Waals surface area (Å²) >= 11 is 3.33. The Labute approximate surface area is 74.6 Å². The van der Waals surface area contributed by atoms with Gasteiger partial charge in [0, 0.05) is 12.3 Å². The molecule has 0 unspecified atom stereocenters. The Hall–Kier alpha value is -0.290. The lowest BCUT2D eigenvalue weighted by Crippen LogP contribution is -1.85. The lowest BCUT2D eigenvalue weighted by molar-refractivity contribution is 1.00. The number of rotatable bonds is 3. The van der Waals surface area contributed by atoms with Crippen LogP contribution in [-0.2, 0) is 0 Å². The van der Waals surface area contributed by atoms with Gasteiger partial charge in [-0.1, -0.05) is 36.9 Å². The Kier molecular flexibility index (Phi) is 3.14.